The molecule has 2 N–H and O–H groups in total. The maximum absolute atomic E-state index is 12.8. The summed E-state index contributed by atoms with van der Waals surface area (Å²) >= 11 is 0. The van der Waals surface area contributed by atoms with Crippen LogP contribution >= 0.6 is 0 Å². The number of anilines is 1. The van der Waals surface area contributed by atoms with Gasteiger partial charge in [0.15, 0.2) is 0 Å². The summed E-state index contributed by atoms with van der Waals surface area (Å²) in [5.41, 5.74) is -2.06. The van der Waals surface area contributed by atoms with Crippen molar-refractivity contribution in [2.75, 3.05) is 5.32 Å². The molecule has 0 aliphatic heterocycles. The Bertz CT molecular complexity index is 622. The molecule has 1 amide bonds. The lowest BCUT2D eigenvalue weighted by molar-refractivity contribution is -0.137. The zero-order valence-electron chi connectivity index (χ0n) is 12.4. The summed E-state index contributed by atoms with van der Waals surface area (Å²) in [5, 5.41) is 13.9. The number of carbonyl (C=O) groups excluding carboxylic acids is 1. The van der Waals surface area contributed by atoms with E-state index in [0.29, 0.717) is 0 Å². The first-order valence-corrected chi connectivity index (χ1v) is 6.40. The average Bonchev–Trinajstić information content (AvgIpc) is 2.37. The van der Waals surface area contributed by atoms with Crippen LogP contribution in [0.2, 0.25) is 0 Å². The van der Waals surface area contributed by atoms with Gasteiger partial charge in [0.1, 0.15) is 11.6 Å². The molecule has 0 aromatic heterocycles. The van der Waals surface area contributed by atoms with Crippen molar-refractivity contribution in [2.24, 2.45) is 0 Å². The second-order valence-electron chi connectivity index (χ2n) is 5.56. The van der Waals surface area contributed by atoms with Crippen LogP contribution in [-0.4, -0.2) is 11.4 Å². The Balaban J connectivity index is 3.00. The van der Waals surface area contributed by atoms with Gasteiger partial charge >= 0.3 is 6.18 Å². The SMILES string of the molecule is CC(C)(C)N/C=C(/C#N)C(=O)Nc1ccccc1C(F)(F)F. The molecular weight excluding hydrogens is 295 g/mol. The third-order valence-electron chi connectivity index (χ3n) is 2.50. The molecule has 0 saturated heterocycles. The Labute approximate surface area is 126 Å². The molecule has 22 heavy (non-hydrogen) atoms. The van der Waals surface area contributed by atoms with Crippen LogP contribution in [0.15, 0.2) is 36.0 Å². The van der Waals surface area contributed by atoms with Gasteiger partial charge in [-0.3, -0.25) is 4.79 Å². The van der Waals surface area contributed by atoms with Crippen LogP contribution in [0.1, 0.15) is 26.3 Å². The number of nitrogens with zero attached hydrogens (tertiary/aromatic N) is 1. The Kier molecular flexibility index (Phi) is 5.20. The summed E-state index contributed by atoms with van der Waals surface area (Å²) in [6.45, 7) is 5.44. The Morgan fingerprint density at radius 2 is 1.82 bits per heavy atom. The molecule has 0 unspecified atom stereocenters. The number of para-hydroxylation sites is 1. The monoisotopic (exact) mass is 311 g/mol. The van der Waals surface area contributed by atoms with E-state index >= 15 is 0 Å². The lowest BCUT2D eigenvalue weighted by Crippen LogP contribution is -2.32. The fourth-order valence-corrected chi connectivity index (χ4v) is 1.47. The van der Waals surface area contributed by atoms with Crippen LogP contribution < -0.4 is 10.6 Å². The predicted molar refractivity (Wildman–Crippen MR) is 76.7 cm³/mol. The topological polar surface area (TPSA) is 64.9 Å². The van der Waals surface area contributed by atoms with Gasteiger partial charge in [-0.25, -0.2) is 0 Å². The van der Waals surface area contributed by atoms with Gasteiger partial charge in [-0.05, 0) is 32.9 Å². The van der Waals surface area contributed by atoms with E-state index in [2.05, 4.69) is 10.6 Å². The minimum absolute atomic E-state index is 0.313. The zero-order chi connectivity index (χ0) is 17.0. The van der Waals surface area contributed by atoms with Crippen LogP contribution in [-0.2, 0) is 11.0 Å². The van der Waals surface area contributed by atoms with Gasteiger partial charge in [0.05, 0.1) is 11.3 Å². The summed E-state index contributed by atoms with van der Waals surface area (Å²) in [6.07, 6.45) is -3.41. The highest BCUT2D eigenvalue weighted by molar-refractivity contribution is 6.06. The molecule has 1 aromatic rings. The van der Waals surface area contributed by atoms with E-state index in [9.17, 15) is 18.0 Å². The third kappa shape index (κ3) is 5.13. The number of carbonyl (C=O) groups is 1. The first-order chi connectivity index (χ1) is 10.0. The smallest absolute Gasteiger partial charge is 0.385 e. The molecule has 7 heteroatoms. The maximum Gasteiger partial charge on any atom is 0.418 e. The van der Waals surface area contributed by atoms with Crippen LogP contribution in [0.5, 0.6) is 0 Å². The van der Waals surface area contributed by atoms with Gasteiger partial charge in [0.2, 0.25) is 0 Å². The number of amides is 1. The zero-order valence-corrected chi connectivity index (χ0v) is 12.4. The number of hydrogen-bond donors (Lipinski definition) is 2. The number of hydrogen-bond acceptors (Lipinski definition) is 3. The largest absolute Gasteiger partial charge is 0.418 e. The maximum atomic E-state index is 12.8. The number of nitriles is 1. The van der Waals surface area contributed by atoms with Crippen LogP contribution in [0.3, 0.4) is 0 Å². The van der Waals surface area contributed by atoms with E-state index in [1.54, 1.807) is 6.07 Å². The lowest BCUT2D eigenvalue weighted by atomic mass is 10.1. The average molecular weight is 311 g/mol. The van der Waals surface area contributed by atoms with Gasteiger partial charge in [-0.1, -0.05) is 12.1 Å². The molecular formula is C15H16F3N3O. The van der Waals surface area contributed by atoms with Crippen LogP contribution in [0.4, 0.5) is 18.9 Å². The molecule has 0 aliphatic carbocycles. The highest BCUT2D eigenvalue weighted by Crippen LogP contribution is 2.34. The quantitative estimate of drug-likeness (QED) is 0.664. The molecule has 0 saturated carbocycles. The number of benzene rings is 1. The van der Waals surface area contributed by atoms with Gasteiger partial charge < -0.3 is 10.6 Å². The minimum atomic E-state index is -4.59. The second kappa shape index (κ2) is 6.52. The Morgan fingerprint density at radius 1 is 1.23 bits per heavy atom. The Hall–Kier alpha value is -2.49. The number of alkyl halides is 3. The first-order valence-electron chi connectivity index (χ1n) is 6.40. The van der Waals surface area contributed by atoms with E-state index in [-0.39, 0.29) is 11.1 Å². The Morgan fingerprint density at radius 3 is 2.32 bits per heavy atom. The third-order valence-corrected chi connectivity index (χ3v) is 2.50. The van der Waals surface area contributed by atoms with Crippen molar-refractivity contribution in [3.05, 3.63) is 41.6 Å². The molecule has 0 radical (unpaired) electrons. The molecule has 1 aromatic carbocycles. The van der Waals surface area contributed by atoms with Crippen molar-refractivity contribution in [3.63, 3.8) is 0 Å². The molecule has 4 nitrogen and oxygen atoms in total. The normalized spacial score (nSPS) is 12.5. The van der Waals surface area contributed by atoms with Crippen LogP contribution in [0.25, 0.3) is 0 Å². The second-order valence-corrected chi connectivity index (χ2v) is 5.56. The number of rotatable bonds is 3. The number of halogens is 3. The molecule has 0 atom stereocenters. The lowest BCUT2D eigenvalue weighted by Gasteiger charge is -2.19. The van der Waals surface area contributed by atoms with Crippen molar-refractivity contribution in [3.8, 4) is 6.07 Å². The highest BCUT2D eigenvalue weighted by Gasteiger charge is 2.33. The van der Waals surface area contributed by atoms with E-state index in [0.717, 1.165) is 12.1 Å². The standard InChI is InChI=1S/C15H16F3N3O/c1-14(2,3)20-9-10(8-19)13(22)21-12-7-5-4-6-11(12)15(16,17)18/h4-7,9,20H,1-3H3,(H,21,22)/b10-9-. The van der Waals surface area contributed by atoms with Crippen molar-refractivity contribution in [1.82, 2.24) is 5.32 Å². The van der Waals surface area contributed by atoms with Crippen molar-refractivity contribution in [1.29, 1.82) is 5.26 Å². The van der Waals surface area contributed by atoms with E-state index in [1.165, 1.54) is 18.3 Å². The summed E-state index contributed by atoms with van der Waals surface area (Å²) in [4.78, 5) is 11.9. The molecule has 0 fully saturated rings. The fourth-order valence-electron chi connectivity index (χ4n) is 1.47. The van der Waals surface area contributed by atoms with Crippen molar-refractivity contribution in [2.45, 2.75) is 32.5 Å². The van der Waals surface area contributed by atoms with Gasteiger partial charge in [-0.2, -0.15) is 18.4 Å². The highest BCUT2D eigenvalue weighted by atomic mass is 19.4. The summed E-state index contributed by atoms with van der Waals surface area (Å²) in [5.74, 6) is -0.907. The van der Waals surface area contributed by atoms with Gasteiger partial charge in [-0.15, -0.1) is 0 Å². The molecule has 1 rings (SSSR count). The minimum Gasteiger partial charge on any atom is -0.385 e. The summed E-state index contributed by atoms with van der Waals surface area (Å²) in [6, 6.07) is 6.24. The van der Waals surface area contributed by atoms with E-state index in [4.69, 9.17) is 5.26 Å². The molecule has 0 heterocycles. The summed E-state index contributed by atoms with van der Waals surface area (Å²) in [7, 11) is 0. The van der Waals surface area contributed by atoms with E-state index in [1.807, 2.05) is 20.8 Å². The molecule has 0 aliphatic rings. The first kappa shape index (κ1) is 17.6. The van der Waals surface area contributed by atoms with E-state index < -0.39 is 23.3 Å². The molecule has 0 spiro atoms. The fraction of sp³-hybridized carbons (Fsp3) is 0.333. The summed E-state index contributed by atoms with van der Waals surface area (Å²) < 4.78 is 38.5. The number of nitrogens with one attached hydrogen (secondary N) is 2. The molecule has 0 bridgehead atoms. The van der Waals surface area contributed by atoms with Gasteiger partial charge in [0.25, 0.3) is 5.91 Å². The molecule has 118 valence electrons. The van der Waals surface area contributed by atoms with Crippen LogP contribution in [0, 0.1) is 11.3 Å². The van der Waals surface area contributed by atoms with Crippen molar-refractivity contribution >= 4 is 11.6 Å². The van der Waals surface area contributed by atoms with Gasteiger partial charge in [0, 0.05) is 11.7 Å². The van der Waals surface area contributed by atoms with Crippen molar-refractivity contribution < 1.29 is 18.0 Å². The predicted octanol–water partition coefficient (Wildman–Crippen LogP) is 3.44.